The first kappa shape index (κ1) is 29.1. The molecule has 0 N–H and O–H groups in total. The SMILES string of the molecule is c1ccc(-c2ccc(N(c3ccccc3)c3cccc(-c4cccc5oc6c(-c7ccccc7)c7c(cc6c45)oc4ccccc47)c3)cc2)cc1. The molecule has 0 aliphatic carbocycles. The Hall–Kier alpha value is -6.84. The fraction of sp³-hybridized carbons (Fsp3) is 0. The lowest BCUT2D eigenvalue weighted by molar-refractivity contribution is 0.664. The summed E-state index contributed by atoms with van der Waals surface area (Å²) in [7, 11) is 0. The van der Waals surface area contributed by atoms with Crippen LogP contribution in [0.4, 0.5) is 17.1 Å². The topological polar surface area (TPSA) is 29.5 Å². The number of para-hydroxylation sites is 2. The zero-order valence-corrected chi connectivity index (χ0v) is 27.7. The second-order valence-corrected chi connectivity index (χ2v) is 12.9. The van der Waals surface area contributed by atoms with Crippen LogP contribution in [0, 0.1) is 0 Å². The fourth-order valence-electron chi connectivity index (χ4n) is 7.56. The summed E-state index contributed by atoms with van der Waals surface area (Å²) >= 11 is 0. The predicted molar refractivity (Wildman–Crippen MR) is 212 cm³/mol. The molecule has 51 heavy (non-hydrogen) atoms. The van der Waals surface area contributed by atoms with Crippen molar-refractivity contribution in [2.45, 2.75) is 0 Å². The molecule has 2 heterocycles. The molecule has 0 radical (unpaired) electrons. The Kier molecular flexibility index (Phi) is 6.81. The van der Waals surface area contributed by atoms with Gasteiger partial charge in [0.25, 0.3) is 0 Å². The van der Waals surface area contributed by atoms with Crippen LogP contribution in [0.25, 0.3) is 77.3 Å². The molecule has 0 amide bonds. The summed E-state index contributed by atoms with van der Waals surface area (Å²) in [5.74, 6) is 0. The highest BCUT2D eigenvalue weighted by Crippen LogP contribution is 2.47. The van der Waals surface area contributed by atoms with Gasteiger partial charge in [0.2, 0.25) is 0 Å². The van der Waals surface area contributed by atoms with Gasteiger partial charge in [0.05, 0.1) is 0 Å². The lowest BCUT2D eigenvalue weighted by Crippen LogP contribution is -2.09. The summed E-state index contributed by atoms with van der Waals surface area (Å²) in [5, 5.41) is 4.26. The molecule has 0 bridgehead atoms. The average Bonchev–Trinajstić information content (AvgIpc) is 3.77. The molecule has 0 saturated heterocycles. The van der Waals surface area contributed by atoms with E-state index in [0.29, 0.717) is 0 Å². The van der Waals surface area contributed by atoms with Gasteiger partial charge in [-0.3, -0.25) is 0 Å². The highest BCUT2D eigenvalue weighted by Gasteiger charge is 2.23. The Morgan fingerprint density at radius 3 is 1.71 bits per heavy atom. The summed E-state index contributed by atoms with van der Waals surface area (Å²) in [6.45, 7) is 0. The first-order valence-corrected chi connectivity index (χ1v) is 17.3. The molecule has 10 rings (SSSR count). The van der Waals surface area contributed by atoms with E-state index in [9.17, 15) is 0 Å². The van der Waals surface area contributed by atoms with Gasteiger partial charge in [0.15, 0.2) is 0 Å². The third kappa shape index (κ3) is 4.90. The fourth-order valence-corrected chi connectivity index (χ4v) is 7.56. The van der Waals surface area contributed by atoms with Crippen LogP contribution in [0.1, 0.15) is 0 Å². The van der Waals surface area contributed by atoms with Crippen LogP contribution in [-0.2, 0) is 0 Å². The molecule has 0 spiro atoms. The van der Waals surface area contributed by atoms with Gasteiger partial charge < -0.3 is 13.7 Å². The monoisotopic (exact) mass is 653 g/mol. The third-order valence-corrected chi connectivity index (χ3v) is 9.85. The van der Waals surface area contributed by atoms with E-state index in [4.69, 9.17) is 8.83 Å². The quantitative estimate of drug-likeness (QED) is 0.179. The van der Waals surface area contributed by atoms with Gasteiger partial charge in [-0.1, -0.05) is 133 Å². The first-order valence-electron chi connectivity index (χ1n) is 17.3. The van der Waals surface area contributed by atoms with Crippen LogP contribution in [0.2, 0.25) is 0 Å². The number of furan rings is 2. The van der Waals surface area contributed by atoms with Crippen molar-refractivity contribution in [3.05, 3.63) is 188 Å². The lowest BCUT2D eigenvalue weighted by Gasteiger charge is -2.26. The Morgan fingerprint density at radius 2 is 0.922 bits per heavy atom. The van der Waals surface area contributed by atoms with Gasteiger partial charge in [0.1, 0.15) is 22.3 Å². The van der Waals surface area contributed by atoms with E-state index < -0.39 is 0 Å². The van der Waals surface area contributed by atoms with Crippen molar-refractivity contribution in [1.82, 2.24) is 0 Å². The molecular formula is C48H31NO2. The van der Waals surface area contributed by atoms with Gasteiger partial charge in [-0.25, -0.2) is 0 Å². The molecule has 0 unspecified atom stereocenters. The van der Waals surface area contributed by atoms with Crippen LogP contribution < -0.4 is 4.90 Å². The first-order chi connectivity index (χ1) is 25.3. The maximum Gasteiger partial charge on any atom is 0.144 e. The summed E-state index contributed by atoms with van der Waals surface area (Å²) in [6.07, 6.45) is 0. The van der Waals surface area contributed by atoms with E-state index in [1.807, 2.05) is 12.1 Å². The van der Waals surface area contributed by atoms with Crippen molar-refractivity contribution in [2.75, 3.05) is 4.90 Å². The molecule has 10 aromatic rings. The van der Waals surface area contributed by atoms with Crippen LogP contribution in [0.15, 0.2) is 197 Å². The predicted octanol–water partition coefficient (Wildman–Crippen LogP) is 14.0. The standard InChI is InChI=1S/C48H31NO2/c1-4-14-32(15-5-1)33-26-28-37(29-27-33)49(36-19-8-3-9-20-36)38-21-12-18-35(30-38)39-23-13-25-43-46(39)41-31-44-47(40-22-10-11-24-42(40)50-44)45(48(41)51-43)34-16-6-2-7-17-34/h1-31H. The number of rotatable bonds is 6. The van der Waals surface area contributed by atoms with Crippen molar-refractivity contribution in [2.24, 2.45) is 0 Å². The maximum atomic E-state index is 6.84. The van der Waals surface area contributed by atoms with E-state index in [1.165, 1.54) is 11.1 Å². The number of hydrogen-bond donors (Lipinski definition) is 0. The number of nitrogens with zero attached hydrogens (tertiary/aromatic N) is 1. The second kappa shape index (κ2) is 11.9. The van der Waals surface area contributed by atoms with Crippen molar-refractivity contribution in [3.63, 3.8) is 0 Å². The molecule has 240 valence electrons. The Morgan fingerprint density at radius 1 is 0.333 bits per heavy atom. The van der Waals surface area contributed by atoms with Gasteiger partial charge in [-0.15, -0.1) is 0 Å². The largest absolute Gasteiger partial charge is 0.456 e. The van der Waals surface area contributed by atoms with Crippen LogP contribution in [-0.4, -0.2) is 0 Å². The highest BCUT2D eigenvalue weighted by atomic mass is 16.3. The molecule has 0 saturated carbocycles. The van der Waals surface area contributed by atoms with E-state index in [0.717, 1.165) is 83.2 Å². The van der Waals surface area contributed by atoms with Gasteiger partial charge >= 0.3 is 0 Å². The minimum absolute atomic E-state index is 0.846. The average molecular weight is 654 g/mol. The molecular weight excluding hydrogens is 623 g/mol. The number of hydrogen-bond acceptors (Lipinski definition) is 3. The van der Waals surface area contributed by atoms with Crippen molar-refractivity contribution in [3.8, 4) is 33.4 Å². The van der Waals surface area contributed by atoms with E-state index in [1.54, 1.807) is 0 Å². The molecule has 0 atom stereocenters. The summed E-state index contributed by atoms with van der Waals surface area (Å²) in [6, 6.07) is 66.0. The molecule has 3 nitrogen and oxygen atoms in total. The summed E-state index contributed by atoms with van der Waals surface area (Å²) in [5.41, 5.74) is 13.4. The Labute approximate surface area is 295 Å². The smallest absolute Gasteiger partial charge is 0.144 e. The van der Waals surface area contributed by atoms with E-state index in [-0.39, 0.29) is 0 Å². The Balaban J connectivity index is 1.17. The van der Waals surface area contributed by atoms with Crippen LogP contribution in [0.5, 0.6) is 0 Å². The lowest BCUT2D eigenvalue weighted by atomic mass is 9.94. The summed E-state index contributed by atoms with van der Waals surface area (Å²) in [4.78, 5) is 2.32. The van der Waals surface area contributed by atoms with Gasteiger partial charge in [-0.2, -0.15) is 0 Å². The molecule has 8 aromatic carbocycles. The number of fused-ring (bicyclic) bond motifs is 6. The van der Waals surface area contributed by atoms with Gasteiger partial charge in [-0.05, 0) is 82.4 Å². The molecule has 2 aromatic heterocycles. The van der Waals surface area contributed by atoms with Crippen molar-refractivity contribution in [1.29, 1.82) is 0 Å². The molecule has 0 fully saturated rings. The van der Waals surface area contributed by atoms with E-state index >= 15 is 0 Å². The van der Waals surface area contributed by atoms with Gasteiger partial charge in [0, 0.05) is 44.2 Å². The summed E-state index contributed by atoms with van der Waals surface area (Å²) < 4.78 is 13.4. The van der Waals surface area contributed by atoms with Crippen LogP contribution >= 0.6 is 0 Å². The molecule has 0 aliphatic heterocycles. The van der Waals surface area contributed by atoms with E-state index in [2.05, 4.69) is 181 Å². The minimum atomic E-state index is 0.846. The highest BCUT2D eigenvalue weighted by molar-refractivity contribution is 6.25. The maximum absolute atomic E-state index is 6.84. The van der Waals surface area contributed by atoms with Crippen molar-refractivity contribution >= 4 is 60.9 Å². The normalized spacial score (nSPS) is 11.5. The number of anilines is 3. The third-order valence-electron chi connectivity index (χ3n) is 9.85. The van der Waals surface area contributed by atoms with Crippen molar-refractivity contribution < 1.29 is 8.83 Å². The second-order valence-electron chi connectivity index (χ2n) is 12.9. The minimum Gasteiger partial charge on any atom is -0.456 e. The molecule has 0 aliphatic rings. The number of benzene rings is 8. The van der Waals surface area contributed by atoms with Crippen LogP contribution in [0.3, 0.4) is 0 Å². The molecule has 3 heteroatoms. The Bertz CT molecular complexity index is 2830. The zero-order chi connectivity index (χ0) is 33.7. The zero-order valence-electron chi connectivity index (χ0n) is 27.7.